The minimum Gasteiger partial charge on any atom is -0.489 e. The number of halogens is 2. The van der Waals surface area contributed by atoms with E-state index < -0.39 is 11.8 Å². The maximum absolute atomic E-state index is 12.5. The zero-order valence-corrected chi connectivity index (χ0v) is 14.5. The number of hydrogen-bond acceptors (Lipinski definition) is 4. The summed E-state index contributed by atoms with van der Waals surface area (Å²) in [5.74, 6) is -0.181. The molecule has 0 saturated heterocycles. The number of anilines is 1. The second-order valence-corrected chi connectivity index (χ2v) is 6.16. The smallest absolute Gasteiger partial charge is 0.255 e. The van der Waals surface area contributed by atoms with Crippen LogP contribution in [0.1, 0.15) is 27.1 Å². The first-order chi connectivity index (χ1) is 12.0. The number of benzene rings is 2. The van der Waals surface area contributed by atoms with E-state index in [1.165, 1.54) is 24.3 Å². The van der Waals surface area contributed by atoms with Gasteiger partial charge in [-0.2, -0.15) is 0 Å². The third-order valence-electron chi connectivity index (χ3n) is 3.56. The van der Waals surface area contributed by atoms with Crippen LogP contribution in [0, 0.1) is 0 Å². The predicted molar refractivity (Wildman–Crippen MR) is 95.0 cm³/mol. The van der Waals surface area contributed by atoms with Gasteiger partial charge in [-0.15, -0.1) is 0 Å². The van der Waals surface area contributed by atoms with Crippen molar-refractivity contribution in [3.05, 3.63) is 51.5 Å². The van der Waals surface area contributed by atoms with E-state index in [0.717, 1.165) is 6.42 Å². The van der Waals surface area contributed by atoms with Crippen molar-refractivity contribution in [2.45, 2.75) is 6.42 Å². The molecule has 0 aromatic heterocycles. The summed E-state index contributed by atoms with van der Waals surface area (Å²) in [4.78, 5) is 23.7. The highest BCUT2D eigenvalue weighted by molar-refractivity contribution is 6.34. The highest BCUT2D eigenvalue weighted by atomic mass is 35.5. The molecule has 1 heterocycles. The molecule has 3 N–H and O–H groups in total. The molecular formula is C17H14Cl2N2O4. The Hall–Kier alpha value is -2.44. The molecule has 130 valence electrons. The maximum Gasteiger partial charge on any atom is 0.255 e. The molecule has 0 radical (unpaired) electrons. The summed E-state index contributed by atoms with van der Waals surface area (Å²) >= 11 is 12.2. The first-order valence-electron chi connectivity index (χ1n) is 7.45. The number of ether oxygens (including phenoxy) is 2. The van der Waals surface area contributed by atoms with Gasteiger partial charge in [0, 0.05) is 17.7 Å². The third-order valence-corrected chi connectivity index (χ3v) is 4.15. The number of nitrogens with one attached hydrogen (secondary N) is 1. The van der Waals surface area contributed by atoms with Gasteiger partial charge in [0.1, 0.15) is 0 Å². The van der Waals surface area contributed by atoms with Gasteiger partial charge in [-0.05, 0) is 30.3 Å². The van der Waals surface area contributed by atoms with Crippen molar-refractivity contribution in [3.8, 4) is 11.5 Å². The molecule has 25 heavy (non-hydrogen) atoms. The number of carbonyl (C=O) groups is 2. The molecule has 6 nitrogen and oxygen atoms in total. The lowest BCUT2D eigenvalue weighted by molar-refractivity contribution is 0.0998. The highest BCUT2D eigenvalue weighted by Crippen LogP contribution is 2.38. The number of hydrogen-bond donors (Lipinski definition) is 2. The molecule has 0 aliphatic carbocycles. The quantitative estimate of drug-likeness (QED) is 0.852. The molecule has 1 aliphatic rings. The van der Waals surface area contributed by atoms with Gasteiger partial charge in [0.25, 0.3) is 5.91 Å². The van der Waals surface area contributed by atoms with Gasteiger partial charge in [0.15, 0.2) is 11.5 Å². The Morgan fingerprint density at radius 3 is 2.52 bits per heavy atom. The molecular weight excluding hydrogens is 367 g/mol. The van der Waals surface area contributed by atoms with Crippen LogP contribution in [0.25, 0.3) is 0 Å². The average molecular weight is 381 g/mol. The van der Waals surface area contributed by atoms with Crippen molar-refractivity contribution in [1.29, 1.82) is 0 Å². The summed E-state index contributed by atoms with van der Waals surface area (Å²) in [6, 6.07) is 7.50. The van der Waals surface area contributed by atoms with E-state index in [2.05, 4.69) is 5.32 Å². The van der Waals surface area contributed by atoms with Gasteiger partial charge in [-0.1, -0.05) is 23.2 Å². The Bertz CT molecular complexity index is 855. The maximum atomic E-state index is 12.5. The molecule has 0 atom stereocenters. The molecule has 0 spiro atoms. The summed E-state index contributed by atoms with van der Waals surface area (Å²) < 4.78 is 11.1. The molecule has 8 heteroatoms. The minimum atomic E-state index is -0.641. The van der Waals surface area contributed by atoms with E-state index in [0.29, 0.717) is 41.0 Å². The van der Waals surface area contributed by atoms with E-state index >= 15 is 0 Å². The fourth-order valence-corrected chi connectivity index (χ4v) is 2.90. The molecule has 2 aromatic carbocycles. The Morgan fingerprint density at radius 2 is 1.80 bits per heavy atom. The fourth-order valence-electron chi connectivity index (χ4n) is 2.36. The summed E-state index contributed by atoms with van der Waals surface area (Å²) in [7, 11) is 0. The van der Waals surface area contributed by atoms with Crippen molar-refractivity contribution in [3.63, 3.8) is 0 Å². The molecule has 0 bridgehead atoms. The number of fused-ring (bicyclic) bond motifs is 1. The number of nitrogens with two attached hydrogens (primary N) is 1. The average Bonchev–Trinajstić information content (AvgIpc) is 2.80. The minimum absolute atomic E-state index is 0.155. The van der Waals surface area contributed by atoms with Crippen molar-refractivity contribution in [1.82, 2.24) is 0 Å². The van der Waals surface area contributed by atoms with Crippen LogP contribution < -0.4 is 20.5 Å². The normalized spacial score (nSPS) is 13.0. The van der Waals surface area contributed by atoms with Crippen LogP contribution >= 0.6 is 23.2 Å². The van der Waals surface area contributed by atoms with Gasteiger partial charge in [0.05, 0.1) is 28.8 Å². The highest BCUT2D eigenvalue weighted by Gasteiger charge is 2.19. The Kier molecular flexibility index (Phi) is 5.01. The Labute approximate surface area is 153 Å². The lowest BCUT2D eigenvalue weighted by atomic mass is 10.1. The summed E-state index contributed by atoms with van der Waals surface area (Å²) in [5.41, 5.74) is 6.11. The Morgan fingerprint density at radius 1 is 1.04 bits per heavy atom. The van der Waals surface area contributed by atoms with Crippen LogP contribution in [0.4, 0.5) is 5.69 Å². The summed E-state index contributed by atoms with van der Waals surface area (Å²) in [6.45, 7) is 0.988. The number of carbonyl (C=O) groups excluding carboxylic acids is 2. The van der Waals surface area contributed by atoms with Crippen molar-refractivity contribution < 1.29 is 19.1 Å². The van der Waals surface area contributed by atoms with Crippen LogP contribution in [0.2, 0.25) is 10.0 Å². The monoisotopic (exact) mass is 380 g/mol. The summed E-state index contributed by atoms with van der Waals surface area (Å²) in [5, 5.41) is 3.14. The molecule has 2 amide bonds. The summed E-state index contributed by atoms with van der Waals surface area (Å²) in [6.07, 6.45) is 0.733. The second kappa shape index (κ2) is 7.21. The van der Waals surface area contributed by atoms with Crippen LogP contribution in [-0.2, 0) is 0 Å². The van der Waals surface area contributed by atoms with Crippen molar-refractivity contribution >= 4 is 40.7 Å². The number of amides is 2. The number of primary amides is 1. The molecule has 1 aliphatic heterocycles. The molecule has 0 saturated carbocycles. The van der Waals surface area contributed by atoms with E-state index in [1.807, 2.05) is 0 Å². The van der Waals surface area contributed by atoms with E-state index in [9.17, 15) is 9.59 Å². The molecule has 0 unspecified atom stereocenters. The van der Waals surface area contributed by atoms with Gasteiger partial charge >= 0.3 is 0 Å². The van der Waals surface area contributed by atoms with Crippen LogP contribution in [-0.4, -0.2) is 25.0 Å². The van der Waals surface area contributed by atoms with Crippen LogP contribution in [0.15, 0.2) is 30.3 Å². The SMILES string of the molecule is NC(=O)c1ccc(NC(=O)c2cc(Cl)c3c(c2)OCCCO3)cc1Cl. The van der Waals surface area contributed by atoms with Gasteiger partial charge < -0.3 is 20.5 Å². The van der Waals surface area contributed by atoms with Crippen molar-refractivity contribution in [2.75, 3.05) is 18.5 Å². The topological polar surface area (TPSA) is 90.7 Å². The molecule has 2 aromatic rings. The van der Waals surface area contributed by atoms with Gasteiger partial charge in [-0.3, -0.25) is 9.59 Å². The lowest BCUT2D eigenvalue weighted by Crippen LogP contribution is -2.14. The standard InChI is InChI=1S/C17H14Cl2N2O4/c18-12-8-10(2-3-11(12)16(20)22)21-17(23)9-6-13(19)15-14(7-9)24-4-1-5-25-15/h2-3,6-8H,1,4-5H2,(H2,20,22)(H,21,23). The largest absolute Gasteiger partial charge is 0.489 e. The first-order valence-corrected chi connectivity index (χ1v) is 8.21. The van der Waals surface area contributed by atoms with Gasteiger partial charge in [0.2, 0.25) is 5.91 Å². The fraction of sp³-hybridized carbons (Fsp3) is 0.176. The van der Waals surface area contributed by atoms with E-state index in [-0.39, 0.29) is 10.6 Å². The van der Waals surface area contributed by atoms with Crippen molar-refractivity contribution in [2.24, 2.45) is 5.73 Å². The molecule has 0 fully saturated rings. The second-order valence-electron chi connectivity index (χ2n) is 5.35. The zero-order chi connectivity index (χ0) is 18.0. The predicted octanol–water partition coefficient (Wildman–Crippen LogP) is 3.51. The third kappa shape index (κ3) is 3.81. The number of rotatable bonds is 3. The zero-order valence-electron chi connectivity index (χ0n) is 13.0. The van der Waals surface area contributed by atoms with E-state index in [1.54, 1.807) is 6.07 Å². The van der Waals surface area contributed by atoms with Gasteiger partial charge in [-0.25, -0.2) is 0 Å². The van der Waals surface area contributed by atoms with E-state index in [4.69, 9.17) is 38.4 Å². The van der Waals surface area contributed by atoms with Crippen LogP contribution in [0.3, 0.4) is 0 Å². The first kappa shape index (κ1) is 17.4. The molecule has 3 rings (SSSR count). The van der Waals surface area contributed by atoms with Crippen LogP contribution in [0.5, 0.6) is 11.5 Å². The Balaban J connectivity index is 1.84. The lowest BCUT2D eigenvalue weighted by Gasteiger charge is -2.12.